The molecule has 166 valence electrons. The molecule has 1 N–H and O–H groups in total. The van der Waals surface area contributed by atoms with Gasteiger partial charge in [0, 0.05) is 18.4 Å². The van der Waals surface area contributed by atoms with Gasteiger partial charge in [0.15, 0.2) is 5.78 Å². The van der Waals surface area contributed by atoms with Gasteiger partial charge < -0.3 is 13.8 Å². The molecular weight excluding hydrogens is 431 g/mol. The van der Waals surface area contributed by atoms with E-state index in [-0.39, 0.29) is 17.3 Å². The summed E-state index contributed by atoms with van der Waals surface area (Å²) in [6.45, 7) is 3.23. The minimum Gasteiger partial charge on any atom is -0.427 e. The molecule has 0 aliphatic carbocycles. The maximum absolute atomic E-state index is 13.0. The maximum atomic E-state index is 13.0. The van der Waals surface area contributed by atoms with Gasteiger partial charge in [0.05, 0.1) is 0 Å². The average Bonchev–Trinajstić information content (AvgIpc) is 2.75. The van der Waals surface area contributed by atoms with Gasteiger partial charge in [0.25, 0.3) is 0 Å². The van der Waals surface area contributed by atoms with Crippen LogP contribution in [0.4, 0.5) is 0 Å². The Balaban J connectivity index is 1.69. The van der Waals surface area contributed by atoms with Crippen molar-refractivity contribution in [3.8, 4) is 17.2 Å². The third-order valence-corrected chi connectivity index (χ3v) is 5.48. The summed E-state index contributed by atoms with van der Waals surface area (Å²) in [4.78, 5) is 34.0. The van der Waals surface area contributed by atoms with Crippen LogP contribution in [-0.2, 0) is 9.36 Å². The Morgan fingerprint density at radius 2 is 1.38 bits per heavy atom. The number of carbonyl (C=O) groups is 2. The van der Waals surface area contributed by atoms with E-state index in [4.69, 9.17) is 13.8 Å². The van der Waals surface area contributed by atoms with Crippen molar-refractivity contribution in [2.45, 2.75) is 26.2 Å². The Hall–Kier alpha value is -3.41. The lowest BCUT2D eigenvalue weighted by Crippen LogP contribution is -2.12. The van der Waals surface area contributed by atoms with Gasteiger partial charge in [-0.1, -0.05) is 37.3 Å². The number of para-hydroxylation sites is 1. The predicted octanol–water partition coefficient (Wildman–Crippen LogP) is 5.55. The number of esters is 1. The number of hydrogen-bond donors (Lipinski definition) is 1. The summed E-state index contributed by atoms with van der Waals surface area (Å²) in [6.07, 6.45) is 0.570. The number of carbonyl (C=O) groups excluding carboxylic acids is 2. The standard InChI is InChI=1S/C24H23O7P/c1-3-23(18-9-13-20(14-10-18)29-17(2)25)24(26)19-11-15-22(16-12-19)31-32(27,28)30-21-7-5-4-6-8-21/h4-16,23H,3H2,1-2H3,(H,27,28). The summed E-state index contributed by atoms with van der Waals surface area (Å²) in [5.41, 5.74) is 1.23. The highest BCUT2D eigenvalue weighted by Gasteiger charge is 2.26. The largest absolute Gasteiger partial charge is 0.584 e. The van der Waals surface area contributed by atoms with E-state index in [0.717, 1.165) is 5.56 Å². The first-order valence-corrected chi connectivity index (χ1v) is 11.5. The Morgan fingerprint density at radius 1 is 0.844 bits per heavy atom. The monoisotopic (exact) mass is 454 g/mol. The Bertz CT molecular complexity index is 1110. The van der Waals surface area contributed by atoms with Crippen LogP contribution in [0.15, 0.2) is 78.9 Å². The topological polar surface area (TPSA) is 99.1 Å². The molecule has 3 aromatic carbocycles. The van der Waals surface area contributed by atoms with Crippen molar-refractivity contribution < 1.29 is 32.8 Å². The molecule has 0 saturated heterocycles. The summed E-state index contributed by atoms with van der Waals surface area (Å²) in [7, 11) is -4.38. The first kappa shape index (κ1) is 23.3. The van der Waals surface area contributed by atoms with Crippen molar-refractivity contribution in [2.24, 2.45) is 0 Å². The molecule has 0 heterocycles. The number of phosphoric ester groups is 1. The highest BCUT2D eigenvalue weighted by molar-refractivity contribution is 7.48. The fourth-order valence-electron chi connectivity index (χ4n) is 3.15. The molecule has 0 saturated carbocycles. The van der Waals surface area contributed by atoms with Crippen molar-refractivity contribution in [3.05, 3.63) is 90.0 Å². The van der Waals surface area contributed by atoms with Gasteiger partial charge in [-0.2, -0.15) is 0 Å². The van der Waals surface area contributed by atoms with E-state index in [1.54, 1.807) is 42.5 Å². The van der Waals surface area contributed by atoms with Crippen molar-refractivity contribution >= 4 is 19.6 Å². The minimum atomic E-state index is -4.38. The van der Waals surface area contributed by atoms with E-state index < -0.39 is 19.7 Å². The van der Waals surface area contributed by atoms with Gasteiger partial charge in [-0.3, -0.25) is 14.5 Å². The number of Topliss-reactive ketones (excluding diaryl/α,β-unsaturated/α-hetero) is 1. The number of hydrogen-bond acceptors (Lipinski definition) is 6. The quantitative estimate of drug-likeness (QED) is 0.196. The van der Waals surface area contributed by atoms with Crippen LogP contribution >= 0.6 is 7.82 Å². The summed E-state index contributed by atoms with van der Waals surface area (Å²) in [5, 5.41) is 0. The SMILES string of the molecule is CCC(C(=O)c1ccc(OP(=O)(O)Oc2ccccc2)cc1)c1ccc(OC(C)=O)cc1. The van der Waals surface area contributed by atoms with Crippen LogP contribution in [0.1, 0.15) is 42.1 Å². The van der Waals surface area contributed by atoms with Gasteiger partial charge >= 0.3 is 13.8 Å². The van der Waals surface area contributed by atoms with Gasteiger partial charge in [-0.05, 0) is 60.5 Å². The second-order valence-corrected chi connectivity index (χ2v) is 8.28. The first-order chi connectivity index (χ1) is 15.3. The van der Waals surface area contributed by atoms with Crippen molar-refractivity contribution in [1.82, 2.24) is 0 Å². The van der Waals surface area contributed by atoms with E-state index in [0.29, 0.717) is 17.7 Å². The number of rotatable bonds is 9. The van der Waals surface area contributed by atoms with Crippen LogP contribution in [0.5, 0.6) is 17.2 Å². The fraction of sp³-hybridized carbons (Fsp3) is 0.167. The molecule has 0 bridgehead atoms. The van der Waals surface area contributed by atoms with Crippen molar-refractivity contribution in [3.63, 3.8) is 0 Å². The molecule has 3 aromatic rings. The molecule has 32 heavy (non-hydrogen) atoms. The number of phosphoric acid groups is 1. The molecule has 0 fully saturated rings. The molecule has 0 aliphatic rings. The molecule has 2 atom stereocenters. The first-order valence-electron chi connectivity index (χ1n) is 9.97. The fourth-order valence-corrected chi connectivity index (χ4v) is 3.97. The van der Waals surface area contributed by atoms with Crippen LogP contribution in [0.2, 0.25) is 0 Å². The van der Waals surface area contributed by atoms with Crippen molar-refractivity contribution in [2.75, 3.05) is 0 Å². The zero-order valence-corrected chi connectivity index (χ0v) is 18.5. The lowest BCUT2D eigenvalue weighted by Gasteiger charge is -2.16. The Morgan fingerprint density at radius 3 is 1.91 bits per heavy atom. The van der Waals surface area contributed by atoms with Crippen LogP contribution in [0, 0.1) is 0 Å². The highest BCUT2D eigenvalue weighted by atomic mass is 31.2. The van der Waals surface area contributed by atoms with Crippen molar-refractivity contribution in [1.29, 1.82) is 0 Å². The lowest BCUT2D eigenvalue weighted by molar-refractivity contribution is -0.131. The van der Waals surface area contributed by atoms with E-state index in [9.17, 15) is 19.0 Å². The smallest absolute Gasteiger partial charge is 0.427 e. The van der Waals surface area contributed by atoms with Crippen LogP contribution in [-0.4, -0.2) is 16.6 Å². The molecule has 3 rings (SSSR count). The second kappa shape index (κ2) is 10.3. The zero-order valence-electron chi connectivity index (χ0n) is 17.6. The average molecular weight is 454 g/mol. The summed E-state index contributed by atoms with van der Waals surface area (Å²) in [6, 6.07) is 20.9. The van der Waals surface area contributed by atoms with E-state index in [1.165, 1.54) is 43.3 Å². The normalized spacial score (nSPS) is 13.5. The van der Waals surface area contributed by atoms with E-state index in [2.05, 4.69) is 0 Å². The van der Waals surface area contributed by atoms with E-state index >= 15 is 0 Å². The maximum Gasteiger partial charge on any atom is 0.584 e. The third-order valence-electron chi connectivity index (χ3n) is 4.59. The Kier molecular flexibility index (Phi) is 7.46. The van der Waals surface area contributed by atoms with Gasteiger partial charge in [-0.25, -0.2) is 4.57 Å². The molecular formula is C24H23O7P. The second-order valence-electron chi connectivity index (χ2n) is 6.98. The van der Waals surface area contributed by atoms with Crippen LogP contribution < -0.4 is 13.8 Å². The third kappa shape index (κ3) is 6.30. The molecule has 0 radical (unpaired) electrons. The number of ketones is 1. The molecule has 0 amide bonds. The van der Waals surface area contributed by atoms with Crippen LogP contribution in [0.25, 0.3) is 0 Å². The molecule has 0 spiro atoms. The highest BCUT2D eigenvalue weighted by Crippen LogP contribution is 2.44. The molecule has 7 nitrogen and oxygen atoms in total. The van der Waals surface area contributed by atoms with Gasteiger partial charge in [-0.15, -0.1) is 0 Å². The number of ether oxygens (including phenoxy) is 1. The molecule has 2 unspecified atom stereocenters. The van der Waals surface area contributed by atoms with Gasteiger partial charge in [0.1, 0.15) is 17.2 Å². The summed E-state index contributed by atoms with van der Waals surface area (Å²) in [5.74, 6) is -0.191. The van der Waals surface area contributed by atoms with Gasteiger partial charge in [0.2, 0.25) is 0 Å². The molecule has 0 aromatic heterocycles. The Labute approximate surface area is 186 Å². The van der Waals surface area contributed by atoms with E-state index in [1.807, 2.05) is 6.92 Å². The summed E-state index contributed by atoms with van der Waals surface area (Å²) < 4.78 is 27.4. The predicted molar refractivity (Wildman–Crippen MR) is 119 cm³/mol. The number of benzene rings is 3. The lowest BCUT2D eigenvalue weighted by atomic mass is 9.88. The van der Waals surface area contributed by atoms with Crippen LogP contribution in [0.3, 0.4) is 0 Å². The summed E-state index contributed by atoms with van der Waals surface area (Å²) >= 11 is 0. The zero-order chi connectivity index (χ0) is 23.1. The molecule has 8 heteroatoms. The minimum absolute atomic E-state index is 0.0992. The molecule has 0 aliphatic heterocycles.